The summed E-state index contributed by atoms with van der Waals surface area (Å²) in [7, 11) is 0. The zero-order chi connectivity index (χ0) is 17.2. The van der Waals surface area contributed by atoms with Gasteiger partial charge in [-0.1, -0.05) is 25.2 Å². The number of allylic oxidation sites excluding steroid dienone is 3. The van der Waals surface area contributed by atoms with Crippen LogP contribution >= 0.6 is 0 Å². The predicted octanol–water partition coefficient (Wildman–Crippen LogP) is 3.34. The van der Waals surface area contributed by atoms with Gasteiger partial charge in [0.05, 0.1) is 18.4 Å². The summed E-state index contributed by atoms with van der Waals surface area (Å²) in [5.41, 5.74) is 1.09. The molecule has 2 aliphatic heterocycles. The molecule has 2 aliphatic carbocycles. The molecule has 3 heterocycles. The van der Waals surface area contributed by atoms with Gasteiger partial charge in [0.2, 0.25) is 0 Å². The molecule has 0 unspecified atom stereocenters. The first-order valence-electron chi connectivity index (χ1n) is 8.83. The van der Waals surface area contributed by atoms with Gasteiger partial charge in [-0.3, -0.25) is 4.79 Å². The molecule has 1 saturated carbocycles. The Morgan fingerprint density at radius 1 is 1.28 bits per heavy atom. The first-order valence-corrected chi connectivity index (χ1v) is 8.83. The molecule has 2 saturated heterocycles. The molecule has 0 N–H and O–H groups in total. The number of ether oxygens (including phenoxy) is 2. The van der Waals surface area contributed by atoms with Gasteiger partial charge >= 0.3 is 11.9 Å². The molecule has 0 amide bonds. The van der Waals surface area contributed by atoms with Gasteiger partial charge in [-0.05, 0) is 36.7 Å². The number of hydrogen-bond acceptors (Lipinski definition) is 5. The lowest BCUT2D eigenvalue weighted by molar-refractivity contribution is -0.187. The van der Waals surface area contributed by atoms with E-state index in [0.717, 1.165) is 30.4 Å². The Kier molecular flexibility index (Phi) is 2.92. The molecule has 1 aromatic rings. The van der Waals surface area contributed by atoms with Crippen molar-refractivity contribution in [3.05, 3.63) is 48.0 Å². The predicted molar refractivity (Wildman–Crippen MR) is 87.1 cm³/mol. The summed E-state index contributed by atoms with van der Waals surface area (Å²) in [5.74, 6) is -0.399. The molecule has 4 aliphatic rings. The average molecular weight is 340 g/mol. The van der Waals surface area contributed by atoms with Crippen molar-refractivity contribution >= 4 is 11.9 Å². The van der Waals surface area contributed by atoms with Gasteiger partial charge < -0.3 is 13.9 Å². The molecule has 3 fully saturated rings. The van der Waals surface area contributed by atoms with Crippen molar-refractivity contribution < 1.29 is 23.5 Å². The van der Waals surface area contributed by atoms with E-state index >= 15 is 0 Å². The van der Waals surface area contributed by atoms with Crippen molar-refractivity contribution in [3.63, 3.8) is 0 Å². The van der Waals surface area contributed by atoms with Crippen LogP contribution in [0.4, 0.5) is 0 Å². The summed E-state index contributed by atoms with van der Waals surface area (Å²) < 4.78 is 16.4. The molecule has 0 bridgehead atoms. The van der Waals surface area contributed by atoms with Crippen molar-refractivity contribution in [1.29, 1.82) is 0 Å². The van der Waals surface area contributed by atoms with Crippen LogP contribution < -0.4 is 0 Å². The van der Waals surface area contributed by atoms with E-state index in [-0.39, 0.29) is 40.7 Å². The maximum atomic E-state index is 12.8. The highest BCUT2D eigenvalue weighted by Crippen LogP contribution is 2.65. The van der Waals surface area contributed by atoms with Crippen molar-refractivity contribution in [2.45, 2.75) is 32.3 Å². The van der Waals surface area contributed by atoms with Crippen molar-refractivity contribution in [3.8, 4) is 0 Å². The smallest absolute Gasteiger partial charge is 0.334 e. The molecule has 25 heavy (non-hydrogen) atoms. The second-order valence-corrected chi connectivity index (χ2v) is 7.96. The van der Waals surface area contributed by atoms with Gasteiger partial charge in [0.15, 0.2) is 0 Å². The third-order valence-corrected chi connectivity index (χ3v) is 6.85. The quantitative estimate of drug-likeness (QED) is 0.734. The van der Waals surface area contributed by atoms with Crippen molar-refractivity contribution in [2.24, 2.45) is 22.7 Å². The van der Waals surface area contributed by atoms with Crippen molar-refractivity contribution in [2.75, 3.05) is 6.61 Å². The monoisotopic (exact) mass is 340 g/mol. The summed E-state index contributed by atoms with van der Waals surface area (Å²) in [5, 5.41) is 0. The van der Waals surface area contributed by atoms with E-state index in [2.05, 4.69) is 13.0 Å². The van der Waals surface area contributed by atoms with Crippen LogP contribution in [0.1, 0.15) is 37.9 Å². The van der Waals surface area contributed by atoms with Crippen LogP contribution in [0.25, 0.3) is 0 Å². The fourth-order valence-electron chi connectivity index (χ4n) is 5.62. The highest BCUT2D eigenvalue weighted by atomic mass is 16.5. The molecular weight excluding hydrogens is 320 g/mol. The molecule has 1 spiro atoms. The highest BCUT2D eigenvalue weighted by Gasteiger charge is 2.64. The fourth-order valence-corrected chi connectivity index (χ4v) is 5.62. The van der Waals surface area contributed by atoms with E-state index in [0.29, 0.717) is 6.61 Å². The Morgan fingerprint density at radius 2 is 2.16 bits per heavy atom. The van der Waals surface area contributed by atoms with Crippen LogP contribution in [-0.4, -0.2) is 18.5 Å². The SMILES string of the molecule is C[C@]12C[C@H](c3ccoc3)OC(=O)[C@H]1CC[C@@]13COC(=O)C1=CC=C[C@H]32. The number of carbonyl (C=O) groups excluding carboxylic acids is 2. The summed E-state index contributed by atoms with van der Waals surface area (Å²) >= 11 is 0. The highest BCUT2D eigenvalue weighted by molar-refractivity contribution is 5.93. The van der Waals surface area contributed by atoms with E-state index in [1.54, 1.807) is 12.5 Å². The van der Waals surface area contributed by atoms with Crippen LogP contribution in [0, 0.1) is 22.7 Å². The van der Waals surface area contributed by atoms with Gasteiger partial charge in [-0.2, -0.15) is 0 Å². The molecule has 5 heteroatoms. The number of carbonyl (C=O) groups is 2. The van der Waals surface area contributed by atoms with Gasteiger partial charge in [0.1, 0.15) is 12.7 Å². The van der Waals surface area contributed by atoms with Crippen molar-refractivity contribution in [1.82, 2.24) is 0 Å². The summed E-state index contributed by atoms with van der Waals surface area (Å²) in [4.78, 5) is 25.0. The van der Waals surface area contributed by atoms with E-state index in [9.17, 15) is 9.59 Å². The van der Waals surface area contributed by atoms with Gasteiger partial charge in [0, 0.05) is 16.6 Å². The fraction of sp³-hybridized carbons (Fsp3) is 0.500. The third kappa shape index (κ3) is 1.84. The molecule has 130 valence electrons. The zero-order valence-corrected chi connectivity index (χ0v) is 14.1. The lowest BCUT2D eigenvalue weighted by Crippen LogP contribution is -2.56. The maximum absolute atomic E-state index is 12.8. The Balaban J connectivity index is 1.58. The second-order valence-electron chi connectivity index (χ2n) is 7.96. The molecule has 0 aromatic carbocycles. The van der Waals surface area contributed by atoms with E-state index in [4.69, 9.17) is 13.9 Å². The van der Waals surface area contributed by atoms with E-state index in [1.807, 2.05) is 18.2 Å². The molecular formula is C20H20O5. The standard InChI is InChI=1S/C20H20O5/c1-19-9-15(12-6-8-23-10-12)25-18(22)13(19)5-7-20-11-24-17(21)14(20)3-2-4-16(19)20/h2-4,6,8,10,13,15-16H,5,7,9,11H2,1H3/t13-,15-,16+,19+,20-/m1/s1. The Labute approximate surface area is 145 Å². The Bertz CT molecular complexity index is 804. The average Bonchev–Trinajstić information content (AvgIpc) is 3.23. The van der Waals surface area contributed by atoms with Crippen LogP contribution in [0.3, 0.4) is 0 Å². The molecule has 1 aromatic heterocycles. The van der Waals surface area contributed by atoms with Crippen LogP contribution in [0.2, 0.25) is 0 Å². The minimum atomic E-state index is -0.302. The molecule has 5 atom stereocenters. The number of furan rings is 1. The summed E-state index contributed by atoms with van der Waals surface area (Å²) in [6.07, 6.45) is 11.2. The van der Waals surface area contributed by atoms with E-state index in [1.165, 1.54) is 0 Å². The third-order valence-electron chi connectivity index (χ3n) is 6.85. The molecule has 5 rings (SSSR count). The number of esters is 2. The summed E-state index contributed by atoms with van der Waals surface area (Å²) in [6, 6.07) is 1.85. The second kappa shape index (κ2) is 4.87. The maximum Gasteiger partial charge on any atom is 0.334 e. The molecule has 5 nitrogen and oxygen atoms in total. The molecule has 0 radical (unpaired) electrons. The van der Waals surface area contributed by atoms with Crippen LogP contribution in [0.5, 0.6) is 0 Å². The Morgan fingerprint density at radius 3 is 2.96 bits per heavy atom. The lowest BCUT2D eigenvalue weighted by Gasteiger charge is -2.57. The Hall–Kier alpha value is -2.30. The first-order chi connectivity index (χ1) is 12.0. The first kappa shape index (κ1) is 15.0. The normalized spacial score (nSPS) is 42.0. The van der Waals surface area contributed by atoms with E-state index < -0.39 is 0 Å². The van der Waals surface area contributed by atoms with Crippen LogP contribution in [0.15, 0.2) is 46.8 Å². The minimum Gasteiger partial charge on any atom is -0.472 e. The van der Waals surface area contributed by atoms with Gasteiger partial charge in [-0.25, -0.2) is 4.79 Å². The number of fused-ring (bicyclic) bond motifs is 2. The lowest BCUT2D eigenvalue weighted by atomic mass is 9.47. The van der Waals surface area contributed by atoms with Gasteiger partial charge in [0.25, 0.3) is 0 Å². The zero-order valence-electron chi connectivity index (χ0n) is 14.1. The largest absolute Gasteiger partial charge is 0.472 e. The minimum absolute atomic E-state index is 0.0902. The number of hydrogen-bond donors (Lipinski definition) is 0. The number of cyclic esters (lactones) is 2. The number of rotatable bonds is 1. The van der Waals surface area contributed by atoms with Gasteiger partial charge in [-0.15, -0.1) is 0 Å². The van der Waals surface area contributed by atoms with Crippen LogP contribution in [-0.2, 0) is 19.1 Å². The topological polar surface area (TPSA) is 65.7 Å². The summed E-state index contributed by atoms with van der Waals surface area (Å²) in [6.45, 7) is 2.59.